The number of amides is 1. The number of likely N-dealkylation sites (N-methyl/N-ethyl adjacent to an activating group) is 1. The molecule has 0 saturated carbocycles. The maximum atomic E-state index is 12.4. The minimum Gasteiger partial charge on any atom is -0.333 e. The fourth-order valence-electron chi connectivity index (χ4n) is 2.28. The van der Waals surface area contributed by atoms with E-state index in [4.69, 9.17) is 0 Å². The lowest BCUT2D eigenvalue weighted by molar-refractivity contribution is -0.126. The Balaban J connectivity index is 1.73. The summed E-state index contributed by atoms with van der Waals surface area (Å²) in [4.78, 5) is 18.8. The largest absolute Gasteiger partial charge is 0.333 e. The summed E-state index contributed by atoms with van der Waals surface area (Å²) >= 11 is 5.04. The molecule has 0 aliphatic carbocycles. The molecule has 0 bridgehead atoms. The van der Waals surface area contributed by atoms with Gasteiger partial charge < -0.3 is 4.90 Å². The summed E-state index contributed by atoms with van der Waals surface area (Å²) < 4.78 is 2.16. The SMILES string of the molecule is C[C@@H](c1nc2ccccc2s1)N(C)C(=O)/C=C/c1ccc(Br)cc1. The summed E-state index contributed by atoms with van der Waals surface area (Å²) in [5.74, 6) is -0.0373. The van der Waals surface area contributed by atoms with Gasteiger partial charge in [0.1, 0.15) is 5.01 Å². The first-order valence-electron chi connectivity index (χ1n) is 7.60. The summed E-state index contributed by atoms with van der Waals surface area (Å²) in [5, 5.41) is 0.948. The van der Waals surface area contributed by atoms with Crippen LogP contribution in [-0.4, -0.2) is 22.8 Å². The van der Waals surface area contributed by atoms with Crippen LogP contribution in [0.3, 0.4) is 0 Å². The lowest BCUT2D eigenvalue weighted by Gasteiger charge is -2.21. The summed E-state index contributed by atoms with van der Waals surface area (Å²) in [5.41, 5.74) is 1.98. The number of carbonyl (C=O) groups excluding carboxylic acids is 1. The molecule has 1 atom stereocenters. The van der Waals surface area contributed by atoms with Gasteiger partial charge in [0.2, 0.25) is 5.91 Å². The highest BCUT2D eigenvalue weighted by Gasteiger charge is 2.19. The standard InChI is InChI=1S/C19H17BrN2OS/c1-13(19-21-16-5-3-4-6-17(16)24-19)22(2)18(23)12-9-14-7-10-15(20)11-8-14/h3-13H,1-2H3/b12-9+/t13-/m0/s1. The average molecular weight is 401 g/mol. The quantitative estimate of drug-likeness (QED) is 0.557. The number of benzene rings is 2. The molecule has 0 N–H and O–H groups in total. The zero-order chi connectivity index (χ0) is 17.1. The number of carbonyl (C=O) groups is 1. The van der Waals surface area contributed by atoms with E-state index < -0.39 is 0 Å². The first-order valence-corrected chi connectivity index (χ1v) is 9.21. The first-order chi connectivity index (χ1) is 11.5. The predicted molar refractivity (Wildman–Crippen MR) is 104 cm³/mol. The summed E-state index contributed by atoms with van der Waals surface area (Å²) in [6, 6.07) is 15.8. The third-order valence-electron chi connectivity index (χ3n) is 3.88. The van der Waals surface area contributed by atoms with Crippen LogP contribution < -0.4 is 0 Å². The Bertz CT molecular complexity index is 853. The van der Waals surface area contributed by atoms with Crippen molar-refractivity contribution in [2.45, 2.75) is 13.0 Å². The minimum absolute atomic E-state index is 0.0373. The Morgan fingerprint density at radius 3 is 2.62 bits per heavy atom. The van der Waals surface area contributed by atoms with Crippen molar-refractivity contribution in [1.29, 1.82) is 0 Å². The number of halogens is 1. The van der Waals surface area contributed by atoms with Crippen molar-refractivity contribution in [2.75, 3.05) is 7.05 Å². The monoisotopic (exact) mass is 400 g/mol. The zero-order valence-electron chi connectivity index (χ0n) is 13.4. The van der Waals surface area contributed by atoms with Crippen molar-refractivity contribution >= 4 is 49.5 Å². The fraction of sp³-hybridized carbons (Fsp3) is 0.158. The van der Waals surface area contributed by atoms with Crippen molar-refractivity contribution in [3.63, 3.8) is 0 Å². The second-order valence-corrected chi connectivity index (χ2v) is 7.51. The van der Waals surface area contributed by atoms with Crippen molar-refractivity contribution in [3.8, 4) is 0 Å². The van der Waals surface area contributed by atoms with Gasteiger partial charge >= 0.3 is 0 Å². The van der Waals surface area contributed by atoms with Crippen LogP contribution in [0.1, 0.15) is 23.5 Å². The van der Waals surface area contributed by atoms with Gasteiger partial charge in [-0.2, -0.15) is 0 Å². The summed E-state index contributed by atoms with van der Waals surface area (Å²) in [6.45, 7) is 2.00. The molecule has 0 fully saturated rings. The second-order valence-electron chi connectivity index (χ2n) is 5.53. The van der Waals surface area contributed by atoms with E-state index in [1.807, 2.05) is 62.5 Å². The van der Waals surface area contributed by atoms with Gasteiger partial charge in [-0.1, -0.05) is 40.2 Å². The molecule has 0 spiro atoms. The zero-order valence-corrected chi connectivity index (χ0v) is 15.8. The van der Waals surface area contributed by atoms with Crippen molar-refractivity contribution < 1.29 is 4.79 Å². The van der Waals surface area contributed by atoms with Gasteiger partial charge in [-0.3, -0.25) is 4.79 Å². The molecule has 0 aliphatic heterocycles. The molecule has 24 heavy (non-hydrogen) atoms. The third-order valence-corrected chi connectivity index (χ3v) is 5.62. The number of rotatable bonds is 4. The third kappa shape index (κ3) is 3.74. The van der Waals surface area contributed by atoms with E-state index in [0.717, 1.165) is 25.3 Å². The van der Waals surface area contributed by atoms with Crippen LogP contribution in [0.2, 0.25) is 0 Å². The van der Waals surface area contributed by atoms with Gasteiger partial charge in [-0.05, 0) is 42.8 Å². The van der Waals surface area contributed by atoms with E-state index in [9.17, 15) is 4.79 Å². The van der Waals surface area contributed by atoms with Gasteiger partial charge in [0.15, 0.2) is 0 Å². The molecule has 3 rings (SSSR count). The van der Waals surface area contributed by atoms with Crippen LogP contribution in [0.4, 0.5) is 0 Å². The summed E-state index contributed by atoms with van der Waals surface area (Å²) in [6.07, 6.45) is 3.43. The lowest BCUT2D eigenvalue weighted by Crippen LogP contribution is -2.27. The van der Waals surface area contributed by atoms with Crippen LogP contribution in [0.25, 0.3) is 16.3 Å². The van der Waals surface area contributed by atoms with Crippen LogP contribution in [0, 0.1) is 0 Å². The molecular weight excluding hydrogens is 384 g/mol. The van der Waals surface area contributed by atoms with Gasteiger partial charge in [0.05, 0.1) is 16.3 Å². The van der Waals surface area contributed by atoms with Crippen LogP contribution in [0.15, 0.2) is 59.1 Å². The molecule has 0 radical (unpaired) electrons. The smallest absolute Gasteiger partial charge is 0.246 e. The number of hydrogen-bond acceptors (Lipinski definition) is 3. The van der Waals surface area contributed by atoms with E-state index in [2.05, 4.69) is 27.0 Å². The average Bonchev–Trinajstić information content (AvgIpc) is 3.03. The molecule has 2 aromatic carbocycles. The molecule has 1 amide bonds. The topological polar surface area (TPSA) is 33.2 Å². The Morgan fingerprint density at radius 1 is 1.21 bits per heavy atom. The molecule has 0 unspecified atom stereocenters. The van der Waals surface area contributed by atoms with Crippen molar-refractivity contribution in [2.24, 2.45) is 0 Å². The van der Waals surface area contributed by atoms with Gasteiger partial charge in [0.25, 0.3) is 0 Å². The van der Waals surface area contributed by atoms with E-state index in [1.54, 1.807) is 22.3 Å². The van der Waals surface area contributed by atoms with Gasteiger partial charge in [-0.15, -0.1) is 11.3 Å². The van der Waals surface area contributed by atoms with E-state index in [0.29, 0.717) is 0 Å². The van der Waals surface area contributed by atoms with E-state index in [-0.39, 0.29) is 11.9 Å². The van der Waals surface area contributed by atoms with Gasteiger partial charge in [-0.25, -0.2) is 4.98 Å². The molecule has 0 saturated heterocycles. The van der Waals surface area contributed by atoms with E-state index >= 15 is 0 Å². The number of para-hydroxylation sites is 1. The maximum absolute atomic E-state index is 12.4. The maximum Gasteiger partial charge on any atom is 0.246 e. The van der Waals surface area contributed by atoms with Crippen LogP contribution in [-0.2, 0) is 4.79 Å². The Kier molecular flexibility index (Phi) is 5.11. The number of hydrogen-bond donors (Lipinski definition) is 0. The Labute approximate surface area is 153 Å². The summed E-state index contributed by atoms with van der Waals surface area (Å²) in [7, 11) is 1.81. The van der Waals surface area contributed by atoms with E-state index in [1.165, 1.54) is 0 Å². The predicted octanol–water partition coefficient (Wildman–Crippen LogP) is 5.29. The molecule has 3 nitrogen and oxygen atoms in total. The highest BCUT2D eigenvalue weighted by atomic mass is 79.9. The van der Waals surface area contributed by atoms with Crippen LogP contribution in [0.5, 0.6) is 0 Å². The number of nitrogens with zero attached hydrogens (tertiary/aromatic N) is 2. The van der Waals surface area contributed by atoms with Crippen LogP contribution >= 0.6 is 27.3 Å². The first kappa shape index (κ1) is 16.9. The molecular formula is C19H17BrN2OS. The number of thiazole rings is 1. The molecule has 5 heteroatoms. The van der Waals surface area contributed by atoms with Crippen molar-refractivity contribution in [3.05, 3.63) is 69.7 Å². The highest BCUT2D eigenvalue weighted by Crippen LogP contribution is 2.28. The van der Waals surface area contributed by atoms with Crippen molar-refractivity contribution in [1.82, 2.24) is 9.88 Å². The minimum atomic E-state index is -0.0653. The molecule has 1 aromatic heterocycles. The molecule has 0 aliphatic rings. The molecule has 1 heterocycles. The lowest BCUT2D eigenvalue weighted by atomic mass is 10.2. The number of fused-ring (bicyclic) bond motifs is 1. The molecule has 3 aromatic rings. The molecule has 122 valence electrons. The second kappa shape index (κ2) is 7.28. The normalized spacial score (nSPS) is 12.6. The Hall–Kier alpha value is -1.98. The highest BCUT2D eigenvalue weighted by molar-refractivity contribution is 9.10. The number of aromatic nitrogens is 1. The van der Waals surface area contributed by atoms with Gasteiger partial charge in [0, 0.05) is 17.6 Å². The Morgan fingerprint density at radius 2 is 1.92 bits per heavy atom. The fourth-order valence-corrected chi connectivity index (χ4v) is 3.61.